The van der Waals surface area contributed by atoms with Crippen molar-refractivity contribution in [3.8, 4) is 0 Å². The van der Waals surface area contributed by atoms with Gasteiger partial charge in [-0.05, 0) is 12.8 Å². The van der Waals surface area contributed by atoms with E-state index in [9.17, 15) is 8.42 Å². The van der Waals surface area contributed by atoms with Crippen molar-refractivity contribution in [2.24, 2.45) is 0 Å². The van der Waals surface area contributed by atoms with Crippen LogP contribution in [0.1, 0.15) is 25.7 Å². The Morgan fingerprint density at radius 1 is 1.27 bits per heavy atom. The van der Waals surface area contributed by atoms with Gasteiger partial charge < -0.3 is 5.21 Å². The second-order valence-corrected chi connectivity index (χ2v) is 4.12. The van der Waals surface area contributed by atoms with E-state index in [4.69, 9.17) is 5.21 Å². The van der Waals surface area contributed by atoms with Crippen LogP contribution in [-0.2, 0) is 10.2 Å². The van der Waals surface area contributed by atoms with Crippen LogP contribution in [0.3, 0.4) is 0 Å². The Bertz CT molecular complexity index is 208. The quantitative estimate of drug-likeness (QED) is 0.524. The van der Waals surface area contributed by atoms with Crippen molar-refractivity contribution in [3.63, 3.8) is 0 Å². The van der Waals surface area contributed by atoms with Gasteiger partial charge in [-0.1, -0.05) is 17.7 Å². The minimum absolute atomic E-state index is 0.000324. The van der Waals surface area contributed by atoms with E-state index < -0.39 is 10.2 Å². The Kier molecular flexibility index (Phi) is 2.83. The van der Waals surface area contributed by atoms with Crippen molar-refractivity contribution in [2.45, 2.75) is 31.7 Å². The fraction of sp³-hybridized carbons (Fsp3) is 1.00. The van der Waals surface area contributed by atoms with Gasteiger partial charge in [-0.3, -0.25) is 0 Å². The van der Waals surface area contributed by atoms with Crippen molar-refractivity contribution in [3.05, 3.63) is 0 Å². The smallest absolute Gasteiger partial charge is 0.299 e. The molecule has 1 saturated carbocycles. The van der Waals surface area contributed by atoms with E-state index in [0.29, 0.717) is 0 Å². The summed E-state index contributed by atoms with van der Waals surface area (Å²) < 4.78 is 23.7. The largest absolute Gasteiger partial charge is 0.301 e. The summed E-state index contributed by atoms with van der Waals surface area (Å²) >= 11 is 0. The molecule has 1 rings (SSSR count). The standard InChI is InChI=1S/C5H12N2O3S/c8-7-11(9,10)6-5-3-1-2-4-5/h5-8H,1-4H2. The first-order chi connectivity index (χ1) is 5.14. The van der Waals surface area contributed by atoms with Crippen molar-refractivity contribution >= 4 is 10.2 Å². The second kappa shape index (κ2) is 3.48. The normalized spacial score (nSPS) is 20.8. The molecule has 1 aliphatic rings. The van der Waals surface area contributed by atoms with E-state index in [1.165, 1.54) is 4.89 Å². The van der Waals surface area contributed by atoms with Crippen molar-refractivity contribution in [1.82, 2.24) is 9.61 Å². The van der Waals surface area contributed by atoms with Gasteiger partial charge in [0.05, 0.1) is 0 Å². The molecule has 6 heteroatoms. The lowest BCUT2D eigenvalue weighted by molar-refractivity contribution is 0.239. The summed E-state index contributed by atoms with van der Waals surface area (Å²) in [5, 5.41) is 8.15. The molecule has 0 bridgehead atoms. The first-order valence-electron chi connectivity index (χ1n) is 3.57. The SMILES string of the molecule is O=S(=O)(NO)NC1CCCC1. The van der Waals surface area contributed by atoms with Crippen LogP contribution in [0.5, 0.6) is 0 Å². The monoisotopic (exact) mass is 180 g/mol. The van der Waals surface area contributed by atoms with E-state index in [2.05, 4.69) is 4.72 Å². The highest BCUT2D eigenvalue weighted by Crippen LogP contribution is 2.17. The van der Waals surface area contributed by atoms with E-state index in [1.54, 1.807) is 0 Å². The molecule has 0 radical (unpaired) electrons. The summed E-state index contributed by atoms with van der Waals surface area (Å²) in [5.74, 6) is 0. The van der Waals surface area contributed by atoms with Crippen molar-refractivity contribution in [1.29, 1.82) is 0 Å². The summed E-state index contributed by atoms with van der Waals surface area (Å²) in [6, 6.07) is -0.000324. The van der Waals surface area contributed by atoms with Gasteiger partial charge in [-0.2, -0.15) is 13.1 Å². The molecular formula is C5H12N2O3S. The Hall–Kier alpha value is -0.170. The van der Waals surface area contributed by atoms with Gasteiger partial charge in [-0.15, -0.1) is 0 Å². The van der Waals surface area contributed by atoms with Crippen LogP contribution in [-0.4, -0.2) is 19.7 Å². The average Bonchev–Trinajstić information content (AvgIpc) is 2.39. The molecule has 1 aliphatic carbocycles. The third kappa shape index (κ3) is 2.74. The molecule has 0 aromatic carbocycles. The molecule has 0 aliphatic heterocycles. The molecule has 5 nitrogen and oxygen atoms in total. The van der Waals surface area contributed by atoms with Crippen molar-refractivity contribution in [2.75, 3.05) is 0 Å². The molecule has 0 saturated heterocycles. The van der Waals surface area contributed by atoms with Crippen LogP contribution in [0.4, 0.5) is 0 Å². The van der Waals surface area contributed by atoms with Gasteiger partial charge in [-0.25, -0.2) is 0 Å². The maximum Gasteiger partial charge on any atom is 0.299 e. The molecule has 0 amide bonds. The summed E-state index contributed by atoms with van der Waals surface area (Å²) in [7, 11) is -3.65. The Labute approximate surface area is 65.9 Å². The van der Waals surface area contributed by atoms with Gasteiger partial charge in [0.25, 0.3) is 10.2 Å². The minimum Gasteiger partial charge on any atom is -0.301 e. The highest BCUT2D eigenvalue weighted by Gasteiger charge is 2.20. The Balaban J connectivity index is 2.41. The van der Waals surface area contributed by atoms with Crippen LogP contribution in [0, 0.1) is 0 Å². The number of hydrogen-bond acceptors (Lipinski definition) is 3. The Morgan fingerprint density at radius 2 is 1.82 bits per heavy atom. The second-order valence-electron chi connectivity index (χ2n) is 2.69. The zero-order valence-electron chi connectivity index (χ0n) is 6.08. The molecule has 0 heterocycles. The van der Waals surface area contributed by atoms with Crippen LogP contribution in [0.15, 0.2) is 0 Å². The molecule has 3 N–H and O–H groups in total. The zero-order valence-corrected chi connectivity index (χ0v) is 6.89. The predicted octanol–water partition coefficient (Wildman–Crippen LogP) is -0.258. The van der Waals surface area contributed by atoms with Gasteiger partial charge in [0.1, 0.15) is 0 Å². The van der Waals surface area contributed by atoms with E-state index in [0.717, 1.165) is 25.7 Å². The van der Waals surface area contributed by atoms with Gasteiger partial charge in [0.2, 0.25) is 0 Å². The van der Waals surface area contributed by atoms with Crippen LogP contribution in [0.25, 0.3) is 0 Å². The first-order valence-corrected chi connectivity index (χ1v) is 5.05. The summed E-state index contributed by atoms with van der Waals surface area (Å²) in [6.45, 7) is 0. The maximum atomic E-state index is 10.7. The predicted molar refractivity (Wildman–Crippen MR) is 39.2 cm³/mol. The highest BCUT2D eigenvalue weighted by molar-refractivity contribution is 7.87. The number of hydrogen-bond donors (Lipinski definition) is 3. The summed E-state index contributed by atoms with van der Waals surface area (Å²) in [6.07, 6.45) is 3.83. The third-order valence-electron chi connectivity index (χ3n) is 1.80. The molecule has 0 aromatic heterocycles. The molecule has 0 atom stereocenters. The molecule has 0 unspecified atom stereocenters. The van der Waals surface area contributed by atoms with E-state index >= 15 is 0 Å². The van der Waals surface area contributed by atoms with Gasteiger partial charge in [0.15, 0.2) is 0 Å². The fourth-order valence-electron chi connectivity index (χ4n) is 1.29. The molecular weight excluding hydrogens is 168 g/mol. The lowest BCUT2D eigenvalue weighted by atomic mass is 10.3. The fourth-order valence-corrected chi connectivity index (χ4v) is 2.02. The van der Waals surface area contributed by atoms with E-state index in [1.807, 2.05) is 0 Å². The molecule has 0 aromatic rings. The van der Waals surface area contributed by atoms with E-state index in [-0.39, 0.29) is 6.04 Å². The molecule has 11 heavy (non-hydrogen) atoms. The topological polar surface area (TPSA) is 78.4 Å². The third-order valence-corrected chi connectivity index (χ3v) is 2.68. The van der Waals surface area contributed by atoms with Crippen LogP contribution < -0.4 is 9.61 Å². The average molecular weight is 180 g/mol. The Morgan fingerprint density at radius 3 is 2.27 bits per heavy atom. The minimum atomic E-state index is -3.65. The summed E-state index contributed by atoms with van der Waals surface area (Å²) in [4.78, 5) is 1.23. The van der Waals surface area contributed by atoms with Crippen LogP contribution in [0.2, 0.25) is 0 Å². The van der Waals surface area contributed by atoms with Crippen LogP contribution >= 0.6 is 0 Å². The van der Waals surface area contributed by atoms with Gasteiger partial charge >= 0.3 is 0 Å². The first kappa shape index (κ1) is 8.92. The number of rotatable bonds is 3. The maximum absolute atomic E-state index is 10.7. The van der Waals surface area contributed by atoms with Crippen molar-refractivity contribution < 1.29 is 13.6 Å². The number of nitrogens with one attached hydrogen (secondary N) is 2. The molecule has 66 valence electrons. The van der Waals surface area contributed by atoms with Gasteiger partial charge in [0, 0.05) is 6.04 Å². The zero-order chi connectivity index (χ0) is 8.32. The lowest BCUT2D eigenvalue weighted by Gasteiger charge is -2.09. The lowest BCUT2D eigenvalue weighted by Crippen LogP contribution is -2.40. The molecule has 1 fully saturated rings. The molecule has 0 spiro atoms. The highest BCUT2D eigenvalue weighted by atomic mass is 32.2. The summed E-state index contributed by atoms with van der Waals surface area (Å²) in [5.41, 5.74) is 0.